The summed E-state index contributed by atoms with van der Waals surface area (Å²) in [5, 5.41) is 28.8. The molecule has 0 radical (unpaired) electrons. The molecule has 1 unspecified atom stereocenters. The number of rotatable bonds is 11. The summed E-state index contributed by atoms with van der Waals surface area (Å²) in [6, 6.07) is 5.23. The summed E-state index contributed by atoms with van der Waals surface area (Å²) in [5.74, 6) is 0. The highest BCUT2D eigenvalue weighted by Crippen LogP contribution is 2.49. The third-order valence-corrected chi connectivity index (χ3v) is 6.35. The second-order valence-corrected chi connectivity index (χ2v) is 9.74. The molecule has 0 spiro atoms. The lowest BCUT2D eigenvalue weighted by Crippen LogP contribution is -2.38. The Morgan fingerprint density at radius 2 is 1.76 bits per heavy atom. The van der Waals surface area contributed by atoms with Crippen molar-refractivity contribution in [3.8, 4) is 12.1 Å². The number of aliphatic hydroxyl groups excluding tert-OH is 1. The SMILES string of the molecule is CO[C@H]1C(O)[C@@H](COP(OC(C)(C)CC#N)OC(C)(C)CC#N)O[C@H]1n1ccc(=O)[nH]c1=O. The van der Waals surface area contributed by atoms with E-state index >= 15 is 0 Å². The van der Waals surface area contributed by atoms with Crippen molar-refractivity contribution in [2.24, 2.45) is 0 Å². The van der Waals surface area contributed by atoms with Gasteiger partial charge in [0.15, 0.2) is 6.23 Å². The summed E-state index contributed by atoms with van der Waals surface area (Å²) >= 11 is 0. The van der Waals surface area contributed by atoms with E-state index in [-0.39, 0.29) is 19.4 Å². The summed E-state index contributed by atoms with van der Waals surface area (Å²) in [7, 11) is -0.684. The zero-order valence-corrected chi connectivity index (χ0v) is 20.1. The highest BCUT2D eigenvalue weighted by Gasteiger charge is 2.46. The number of hydrogen-bond acceptors (Lipinski definition) is 10. The molecule has 0 aromatic carbocycles. The van der Waals surface area contributed by atoms with Gasteiger partial charge in [-0.25, -0.2) is 4.79 Å². The largest absolute Gasteiger partial charge is 0.387 e. The first kappa shape index (κ1) is 27.1. The maximum Gasteiger partial charge on any atom is 0.333 e. The standard InChI is InChI=1S/C20H29N4O8P/c1-19(2,7-9-21)31-33(32-20(3,4)8-10-22)29-12-13-15(26)16(28-5)17(30-13)24-11-6-14(25)23-18(24)27/h6,11,13,15-17,26H,7-8,12H2,1-5H3,(H,23,25,27)/t13-,15?,16+,17-/m1/s1. The number of aromatic amines is 1. The minimum absolute atomic E-state index is 0.0722. The average molecular weight is 484 g/mol. The molecule has 1 aromatic rings. The first-order chi connectivity index (χ1) is 15.4. The van der Waals surface area contributed by atoms with Crippen LogP contribution in [0.2, 0.25) is 0 Å². The molecule has 12 nitrogen and oxygen atoms in total. The molecule has 1 aliphatic heterocycles. The lowest BCUT2D eigenvalue weighted by molar-refractivity contribution is -0.0649. The van der Waals surface area contributed by atoms with Gasteiger partial charge in [-0.2, -0.15) is 10.5 Å². The first-order valence-electron chi connectivity index (χ1n) is 10.2. The van der Waals surface area contributed by atoms with Gasteiger partial charge in [0.2, 0.25) is 0 Å². The molecular weight excluding hydrogens is 455 g/mol. The lowest BCUT2D eigenvalue weighted by Gasteiger charge is -2.32. The Kier molecular flexibility index (Phi) is 9.29. The van der Waals surface area contributed by atoms with Crippen molar-refractivity contribution in [2.75, 3.05) is 13.7 Å². The normalized spacial score (nSPS) is 23.4. The second kappa shape index (κ2) is 11.3. The molecule has 1 aliphatic rings. The maximum absolute atomic E-state index is 12.2. The molecule has 13 heteroatoms. The van der Waals surface area contributed by atoms with Crippen molar-refractivity contribution in [3.63, 3.8) is 0 Å². The van der Waals surface area contributed by atoms with Gasteiger partial charge in [-0.1, -0.05) is 0 Å². The number of aromatic nitrogens is 2. The van der Waals surface area contributed by atoms with Crippen molar-refractivity contribution < 1.29 is 28.2 Å². The highest BCUT2D eigenvalue weighted by atomic mass is 31.2. The van der Waals surface area contributed by atoms with Gasteiger partial charge in [-0.3, -0.25) is 14.3 Å². The van der Waals surface area contributed by atoms with Crippen LogP contribution in [0.3, 0.4) is 0 Å². The minimum atomic E-state index is -2.04. The van der Waals surface area contributed by atoms with Crippen LogP contribution < -0.4 is 11.2 Å². The third-order valence-electron chi connectivity index (χ3n) is 4.71. The van der Waals surface area contributed by atoms with Gasteiger partial charge in [0.1, 0.15) is 18.3 Å². The predicted octanol–water partition coefficient (Wildman–Crippen LogP) is 1.47. The van der Waals surface area contributed by atoms with Gasteiger partial charge in [-0.05, 0) is 27.7 Å². The molecule has 2 rings (SSSR count). The highest BCUT2D eigenvalue weighted by molar-refractivity contribution is 7.41. The Labute approximate surface area is 192 Å². The summed E-state index contributed by atoms with van der Waals surface area (Å²) < 4.78 is 29.8. The molecule has 0 aliphatic carbocycles. The molecule has 1 fully saturated rings. The molecule has 1 aromatic heterocycles. The molecule has 0 saturated carbocycles. The van der Waals surface area contributed by atoms with E-state index in [2.05, 4.69) is 4.98 Å². The Morgan fingerprint density at radius 3 is 2.24 bits per heavy atom. The number of H-pyrrole nitrogens is 1. The van der Waals surface area contributed by atoms with Gasteiger partial charge >= 0.3 is 14.3 Å². The van der Waals surface area contributed by atoms with Crippen LogP contribution >= 0.6 is 8.60 Å². The van der Waals surface area contributed by atoms with E-state index < -0.39 is 55.6 Å². The van der Waals surface area contributed by atoms with E-state index in [0.29, 0.717) is 0 Å². The van der Waals surface area contributed by atoms with Crippen LogP contribution in [-0.4, -0.2) is 57.9 Å². The zero-order valence-electron chi connectivity index (χ0n) is 19.2. The molecule has 33 heavy (non-hydrogen) atoms. The van der Waals surface area contributed by atoms with Crippen molar-refractivity contribution in [3.05, 3.63) is 33.1 Å². The number of nitrogens with zero attached hydrogens (tertiary/aromatic N) is 3. The minimum Gasteiger partial charge on any atom is -0.387 e. The van der Waals surface area contributed by atoms with Gasteiger partial charge in [0.05, 0.1) is 42.8 Å². The number of aliphatic hydroxyl groups is 1. The number of nitrogens with one attached hydrogen (secondary N) is 1. The summed E-state index contributed by atoms with van der Waals surface area (Å²) in [6.07, 6.45) is -2.63. The molecule has 2 heterocycles. The fraction of sp³-hybridized carbons (Fsp3) is 0.700. The van der Waals surface area contributed by atoms with Crippen LogP contribution in [0.25, 0.3) is 0 Å². The van der Waals surface area contributed by atoms with Crippen molar-refractivity contribution in [1.29, 1.82) is 10.5 Å². The van der Waals surface area contributed by atoms with E-state index in [0.717, 1.165) is 10.6 Å². The monoisotopic (exact) mass is 484 g/mol. The molecule has 4 atom stereocenters. The van der Waals surface area contributed by atoms with Crippen LogP contribution in [0.4, 0.5) is 0 Å². The number of nitriles is 2. The van der Waals surface area contributed by atoms with E-state index in [1.54, 1.807) is 27.7 Å². The van der Waals surface area contributed by atoms with Gasteiger partial charge in [0, 0.05) is 19.4 Å². The van der Waals surface area contributed by atoms with Crippen LogP contribution in [0.1, 0.15) is 46.8 Å². The Hall–Kier alpha value is -2.15. The van der Waals surface area contributed by atoms with Crippen LogP contribution in [0.15, 0.2) is 21.9 Å². The van der Waals surface area contributed by atoms with Crippen LogP contribution in [0.5, 0.6) is 0 Å². The molecular formula is C20H29N4O8P. The molecule has 182 valence electrons. The van der Waals surface area contributed by atoms with E-state index in [4.69, 9.17) is 33.6 Å². The fourth-order valence-electron chi connectivity index (χ4n) is 3.02. The maximum atomic E-state index is 12.2. The quantitative estimate of drug-likeness (QED) is 0.439. The Balaban J connectivity index is 2.17. The number of ether oxygens (including phenoxy) is 2. The van der Waals surface area contributed by atoms with Crippen molar-refractivity contribution >= 4 is 8.60 Å². The molecule has 0 amide bonds. The third kappa shape index (κ3) is 7.42. The van der Waals surface area contributed by atoms with Gasteiger partial charge < -0.3 is 28.2 Å². The number of methoxy groups -OCH3 is 1. The van der Waals surface area contributed by atoms with E-state index in [1.165, 1.54) is 13.3 Å². The fourth-order valence-corrected chi connectivity index (χ4v) is 4.36. The topological polar surface area (TPSA) is 169 Å². The van der Waals surface area contributed by atoms with Crippen LogP contribution in [-0.2, 0) is 23.0 Å². The van der Waals surface area contributed by atoms with E-state index in [1.807, 2.05) is 12.1 Å². The Morgan fingerprint density at radius 1 is 1.18 bits per heavy atom. The van der Waals surface area contributed by atoms with Crippen molar-refractivity contribution in [1.82, 2.24) is 9.55 Å². The molecule has 1 saturated heterocycles. The number of hydrogen-bond donors (Lipinski definition) is 2. The molecule has 0 bridgehead atoms. The van der Waals surface area contributed by atoms with Gasteiger partial charge in [-0.15, -0.1) is 0 Å². The lowest BCUT2D eigenvalue weighted by atomic mass is 10.1. The van der Waals surface area contributed by atoms with Crippen molar-refractivity contribution in [2.45, 2.75) is 76.3 Å². The van der Waals surface area contributed by atoms with Gasteiger partial charge in [0.25, 0.3) is 5.56 Å². The smallest absolute Gasteiger partial charge is 0.333 e. The zero-order chi connectivity index (χ0) is 24.8. The van der Waals surface area contributed by atoms with E-state index in [9.17, 15) is 14.7 Å². The predicted molar refractivity (Wildman–Crippen MR) is 116 cm³/mol. The molecule has 2 N–H and O–H groups in total. The summed E-state index contributed by atoms with van der Waals surface area (Å²) in [4.78, 5) is 25.7. The Bertz CT molecular complexity index is 965. The summed E-state index contributed by atoms with van der Waals surface area (Å²) in [6.45, 7) is 6.63. The second-order valence-electron chi connectivity index (χ2n) is 8.66. The van der Waals surface area contributed by atoms with Crippen LogP contribution in [0, 0.1) is 22.7 Å². The average Bonchev–Trinajstić information content (AvgIpc) is 3.00. The summed E-state index contributed by atoms with van der Waals surface area (Å²) in [5.41, 5.74) is -3.06. The first-order valence-corrected chi connectivity index (χ1v) is 11.3.